The largest absolute Gasteiger partial charge is 0.192 e. The van der Waals surface area contributed by atoms with Gasteiger partial charge in [-0.25, -0.2) is 0 Å². The van der Waals surface area contributed by atoms with E-state index in [1.54, 1.807) is 18.2 Å². The molecule has 3 aromatic rings. The molecule has 0 aliphatic rings. The second kappa shape index (κ2) is 5.95. The van der Waals surface area contributed by atoms with Gasteiger partial charge in [0, 0.05) is 5.56 Å². The van der Waals surface area contributed by atoms with Crippen LogP contribution in [-0.4, -0.2) is 0 Å². The first-order valence-corrected chi connectivity index (χ1v) is 6.92. The zero-order valence-corrected chi connectivity index (χ0v) is 11.8. The second-order valence-corrected chi connectivity index (χ2v) is 4.90. The highest BCUT2D eigenvalue weighted by Crippen LogP contribution is 2.30. The molecule has 0 radical (unpaired) electrons. The normalized spacial score (nSPS) is 9.73. The van der Waals surface area contributed by atoms with Crippen LogP contribution in [0.2, 0.25) is 0 Å². The zero-order chi connectivity index (χ0) is 15.4. The summed E-state index contributed by atoms with van der Waals surface area (Å²) >= 11 is 0. The highest BCUT2D eigenvalue weighted by atomic mass is 14.3. The van der Waals surface area contributed by atoms with Gasteiger partial charge in [-0.3, -0.25) is 0 Å². The highest BCUT2D eigenvalue weighted by molar-refractivity contribution is 5.80. The molecule has 0 N–H and O–H groups in total. The van der Waals surface area contributed by atoms with Crippen molar-refractivity contribution < 1.29 is 0 Å². The van der Waals surface area contributed by atoms with E-state index in [1.807, 2.05) is 54.6 Å². The van der Waals surface area contributed by atoms with Crippen LogP contribution in [0.4, 0.5) is 0 Å². The summed E-state index contributed by atoms with van der Waals surface area (Å²) in [6.07, 6.45) is 0. The third kappa shape index (κ3) is 2.46. The fourth-order valence-electron chi connectivity index (χ4n) is 2.53. The average Bonchev–Trinajstić information content (AvgIpc) is 2.61. The standard InChI is InChI=1S/C20H12N2/c21-13-18-10-5-11-19(14-22)20(18)17-9-4-8-16(12-17)15-6-2-1-3-7-15/h1-12H. The van der Waals surface area contributed by atoms with E-state index in [0.717, 1.165) is 16.7 Å². The Morgan fingerprint density at radius 3 is 1.73 bits per heavy atom. The van der Waals surface area contributed by atoms with Gasteiger partial charge in [-0.15, -0.1) is 0 Å². The Kier molecular flexibility index (Phi) is 3.69. The van der Waals surface area contributed by atoms with Crippen molar-refractivity contribution in [1.82, 2.24) is 0 Å². The van der Waals surface area contributed by atoms with E-state index in [2.05, 4.69) is 12.1 Å². The molecule has 0 aliphatic heterocycles. The summed E-state index contributed by atoms with van der Waals surface area (Å²) in [6, 6.07) is 27.6. The molecular formula is C20H12N2. The highest BCUT2D eigenvalue weighted by Gasteiger charge is 2.11. The van der Waals surface area contributed by atoms with Crippen molar-refractivity contribution in [3.05, 3.63) is 83.9 Å². The molecule has 102 valence electrons. The molecule has 0 heterocycles. The summed E-state index contributed by atoms with van der Waals surface area (Å²) in [5.41, 5.74) is 4.79. The molecule has 0 saturated heterocycles. The van der Waals surface area contributed by atoms with Crippen molar-refractivity contribution in [2.75, 3.05) is 0 Å². The van der Waals surface area contributed by atoms with Gasteiger partial charge in [0.1, 0.15) is 0 Å². The molecule has 0 saturated carbocycles. The van der Waals surface area contributed by atoms with Crippen LogP contribution in [0, 0.1) is 22.7 Å². The lowest BCUT2D eigenvalue weighted by Crippen LogP contribution is -1.90. The Balaban J connectivity index is 2.20. The summed E-state index contributed by atoms with van der Waals surface area (Å²) in [5.74, 6) is 0. The lowest BCUT2D eigenvalue weighted by Gasteiger charge is -2.09. The average molecular weight is 280 g/mol. The second-order valence-electron chi connectivity index (χ2n) is 4.90. The Bertz CT molecular complexity index is 865. The maximum Gasteiger partial charge on any atom is 0.0998 e. The smallest absolute Gasteiger partial charge is 0.0998 e. The lowest BCUT2D eigenvalue weighted by atomic mass is 9.93. The van der Waals surface area contributed by atoms with Crippen LogP contribution < -0.4 is 0 Å². The lowest BCUT2D eigenvalue weighted by molar-refractivity contribution is 1.44. The van der Waals surface area contributed by atoms with Gasteiger partial charge in [-0.05, 0) is 34.9 Å². The number of hydrogen-bond donors (Lipinski definition) is 0. The fraction of sp³-hybridized carbons (Fsp3) is 0. The quantitative estimate of drug-likeness (QED) is 0.679. The molecule has 2 nitrogen and oxygen atoms in total. The van der Waals surface area contributed by atoms with E-state index in [0.29, 0.717) is 16.7 Å². The van der Waals surface area contributed by atoms with E-state index in [1.165, 1.54) is 0 Å². The van der Waals surface area contributed by atoms with Crippen molar-refractivity contribution in [3.63, 3.8) is 0 Å². The first-order valence-electron chi connectivity index (χ1n) is 6.92. The van der Waals surface area contributed by atoms with Crippen molar-refractivity contribution in [1.29, 1.82) is 10.5 Å². The number of benzene rings is 3. The van der Waals surface area contributed by atoms with Gasteiger partial charge in [-0.1, -0.05) is 54.6 Å². The third-order valence-corrected chi connectivity index (χ3v) is 3.56. The minimum absolute atomic E-state index is 0.518. The number of nitrogens with zero attached hydrogens (tertiary/aromatic N) is 2. The van der Waals surface area contributed by atoms with E-state index >= 15 is 0 Å². The van der Waals surface area contributed by atoms with Gasteiger partial charge in [0.05, 0.1) is 23.3 Å². The van der Waals surface area contributed by atoms with E-state index < -0.39 is 0 Å². The van der Waals surface area contributed by atoms with E-state index in [9.17, 15) is 10.5 Å². The van der Waals surface area contributed by atoms with E-state index in [4.69, 9.17) is 0 Å². The molecule has 0 bridgehead atoms. The predicted molar refractivity (Wildman–Crippen MR) is 86.7 cm³/mol. The summed E-state index contributed by atoms with van der Waals surface area (Å²) < 4.78 is 0. The van der Waals surface area contributed by atoms with Crippen LogP contribution in [-0.2, 0) is 0 Å². The summed E-state index contributed by atoms with van der Waals surface area (Å²) in [5, 5.41) is 18.7. The molecule has 0 aromatic heterocycles. The zero-order valence-electron chi connectivity index (χ0n) is 11.8. The van der Waals surface area contributed by atoms with Crippen LogP contribution in [0.15, 0.2) is 72.8 Å². The van der Waals surface area contributed by atoms with Crippen LogP contribution >= 0.6 is 0 Å². The predicted octanol–water partition coefficient (Wildman–Crippen LogP) is 4.76. The molecule has 0 amide bonds. The van der Waals surface area contributed by atoms with Gasteiger partial charge < -0.3 is 0 Å². The minimum Gasteiger partial charge on any atom is -0.192 e. The Morgan fingerprint density at radius 2 is 1.09 bits per heavy atom. The third-order valence-electron chi connectivity index (χ3n) is 3.56. The Labute approximate surface area is 129 Å². The molecule has 0 spiro atoms. The number of rotatable bonds is 2. The molecule has 2 heteroatoms. The van der Waals surface area contributed by atoms with Crippen molar-refractivity contribution >= 4 is 0 Å². The number of hydrogen-bond acceptors (Lipinski definition) is 2. The molecule has 0 aliphatic carbocycles. The Hall–Kier alpha value is -3.36. The molecule has 22 heavy (non-hydrogen) atoms. The fourth-order valence-corrected chi connectivity index (χ4v) is 2.53. The molecule has 3 aromatic carbocycles. The SMILES string of the molecule is N#Cc1cccc(C#N)c1-c1cccc(-c2ccccc2)c1. The van der Waals surface area contributed by atoms with Crippen molar-refractivity contribution in [3.8, 4) is 34.4 Å². The van der Waals surface area contributed by atoms with Crippen LogP contribution in [0.5, 0.6) is 0 Å². The monoisotopic (exact) mass is 280 g/mol. The summed E-state index contributed by atoms with van der Waals surface area (Å²) in [7, 11) is 0. The minimum atomic E-state index is 0.518. The first kappa shape index (κ1) is 13.6. The molecule has 0 atom stereocenters. The topological polar surface area (TPSA) is 47.6 Å². The van der Waals surface area contributed by atoms with Crippen LogP contribution in [0.1, 0.15) is 11.1 Å². The van der Waals surface area contributed by atoms with Crippen molar-refractivity contribution in [2.24, 2.45) is 0 Å². The van der Waals surface area contributed by atoms with Gasteiger partial charge in [0.25, 0.3) is 0 Å². The van der Waals surface area contributed by atoms with Crippen molar-refractivity contribution in [2.45, 2.75) is 0 Å². The summed E-state index contributed by atoms with van der Waals surface area (Å²) in [6.45, 7) is 0. The van der Waals surface area contributed by atoms with Gasteiger partial charge in [-0.2, -0.15) is 10.5 Å². The van der Waals surface area contributed by atoms with Gasteiger partial charge in [0.2, 0.25) is 0 Å². The molecular weight excluding hydrogens is 268 g/mol. The molecule has 0 unspecified atom stereocenters. The molecule has 0 fully saturated rings. The first-order chi connectivity index (χ1) is 10.8. The van der Waals surface area contributed by atoms with Crippen LogP contribution in [0.25, 0.3) is 22.3 Å². The maximum atomic E-state index is 9.33. The summed E-state index contributed by atoms with van der Waals surface area (Å²) in [4.78, 5) is 0. The van der Waals surface area contributed by atoms with Gasteiger partial charge in [0.15, 0.2) is 0 Å². The number of nitriles is 2. The Morgan fingerprint density at radius 1 is 0.545 bits per heavy atom. The maximum absolute atomic E-state index is 9.33. The van der Waals surface area contributed by atoms with Gasteiger partial charge >= 0.3 is 0 Å². The molecule has 3 rings (SSSR count). The van der Waals surface area contributed by atoms with Crippen LogP contribution in [0.3, 0.4) is 0 Å². The van der Waals surface area contributed by atoms with E-state index in [-0.39, 0.29) is 0 Å².